The van der Waals surface area contributed by atoms with Gasteiger partial charge in [-0.05, 0) is 55.7 Å². The first-order valence-electron chi connectivity index (χ1n) is 14.0. The highest BCUT2D eigenvalue weighted by atomic mass is 16.6. The predicted molar refractivity (Wildman–Crippen MR) is 162 cm³/mol. The van der Waals surface area contributed by atoms with Gasteiger partial charge in [-0.15, -0.1) is 0 Å². The molecule has 5 N–H and O–H groups in total. The maximum atomic E-state index is 13.7. The van der Waals surface area contributed by atoms with Crippen molar-refractivity contribution in [3.63, 3.8) is 0 Å². The van der Waals surface area contributed by atoms with E-state index in [0.29, 0.717) is 11.1 Å². The Kier molecular flexibility index (Phi) is 12.0. The second-order valence-electron chi connectivity index (χ2n) is 11.1. The van der Waals surface area contributed by atoms with E-state index in [1.165, 1.54) is 18.2 Å². The van der Waals surface area contributed by atoms with Crippen LogP contribution in [-0.2, 0) is 38.5 Å². The number of rotatable bonds is 14. The summed E-state index contributed by atoms with van der Waals surface area (Å²) in [4.78, 5) is 66.6. The maximum absolute atomic E-state index is 13.7. The van der Waals surface area contributed by atoms with Crippen molar-refractivity contribution in [2.24, 2.45) is 0 Å². The first-order valence-corrected chi connectivity index (χ1v) is 14.0. The van der Waals surface area contributed by atoms with Gasteiger partial charge in [0.15, 0.2) is 6.61 Å². The molecule has 1 heterocycles. The summed E-state index contributed by atoms with van der Waals surface area (Å²) in [5, 5.41) is 26.6. The lowest BCUT2D eigenvalue weighted by Gasteiger charge is -2.25. The van der Waals surface area contributed by atoms with E-state index >= 15 is 0 Å². The molecule has 0 saturated carbocycles. The maximum Gasteiger partial charge on any atom is 0.408 e. The highest BCUT2D eigenvalue weighted by Crippen LogP contribution is 2.22. The Balaban J connectivity index is 1.89. The minimum atomic E-state index is -1.37. The van der Waals surface area contributed by atoms with E-state index in [1.807, 2.05) is 6.07 Å². The molecule has 0 aliphatic carbocycles. The summed E-state index contributed by atoms with van der Waals surface area (Å²) in [5.74, 6) is -4.08. The van der Waals surface area contributed by atoms with Crippen LogP contribution >= 0.6 is 0 Å². The molecule has 238 valence electrons. The van der Waals surface area contributed by atoms with E-state index in [-0.39, 0.29) is 30.7 Å². The fraction of sp³-hybridized carbons (Fsp3) is 0.312. The molecule has 2 aromatic carbocycles. The van der Waals surface area contributed by atoms with Gasteiger partial charge in [0.2, 0.25) is 11.8 Å². The number of ether oxygens (including phenoxy) is 2. The van der Waals surface area contributed by atoms with Gasteiger partial charge >= 0.3 is 18.0 Å². The minimum Gasteiger partial charge on any atom is -0.481 e. The molecule has 2 atom stereocenters. The minimum absolute atomic E-state index is 0.0920. The molecule has 0 aliphatic heterocycles. The Labute approximate surface area is 260 Å². The van der Waals surface area contributed by atoms with Gasteiger partial charge in [-0.2, -0.15) is 0 Å². The molecule has 3 rings (SSSR count). The Hall–Kier alpha value is -5.46. The summed E-state index contributed by atoms with van der Waals surface area (Å²) in [5.41, 5.74) is 0.654. The van der Waals surface area contributed by atoms with Gasteiger partial charge in [0.1, 0.15) is 29.0 Å². The molecular weight excluding hydrogens is 584 g/mol. The Morgan fingerprint density at radius 3 is 2.11 bits per heavy atom. The van der Waals surface area contributed by atoms with Crippen molar-refractivity contribution < 1.29 is 43.7 Å². The van der Waals surface area contributed by atoms with E-state index in [9.17, 15) is 29.1 Å². The lowest BCUT2D eigenvalue weighted by molar-refractivity contribution is -0.139. The zero-order valence-electron chi connectivity index (χ0n) is 25.1. The van der Waals surface area contributed by atoms with Crippen molar-refractivity contribution >= 4 is 29.8 Å². The lowest BCUT2D eigenvalue weighted by Crippen LogP contribution is -2.55. The standard InChI is InChI=1S/C32H36N4O9/c1-32(2,3)45-31(43)36-25(15-20-8-5-4-6-9-20)29(40)35-24(28(39)34-18-22-10-7-13-33-17-22)16-21-11-12-26(44-19-27(37)38)23(14-21)30(41)42/h4-14,17,24-25H,15-16,18-19H2,1-3H3,(H,34,39)(H,35,40)(H,36,43)(H,37,38)(H,41,42)/t24-,25-/m0/s1. The van der Waals surface area contributed by atoms with Crippen LogP contribution in [0.25, 0.3) is 0 Å². The van der Waals surface area contributed by atoms with Gasteiger partial charge in [0.25, 0.3) is 0 Å². The van der Waals surface area contributed by atoms with Gasteiger partial charge in [-0.1, -0.05) is 42.5 Å². The number of aromatic carboxylic acids is 1. The summed E-state index contributed by atoms with van der Waals surface area (Å²) in [6.07, 6.45) is 2.29. The predicted octanol–water partition coefficient (Wildman–Crippen LogP) is 2.72. The van der Waals surface area contributed by atoms with Crippen LogP contribution in [0.1, 0.15) is 47.8 Å². The molecule has 1 aromatic heterocycles. The number of alkyl carbamates (subject to hydrolysis) is 1. The summed E-state index contributed by atoms with van der Waals surface area (Å²) < 4.78 is 10.4. The topological polar surface area (TPSA) is 193 Å². The number of carbonyl (C=O) groups excluding carboxylic acids is 3. The van der Waals surface area contributed by atoms with E-state index in [0.717, 1.165) is 5.56 Å². The van der Waals surface area contributed by atoms with Crippen LogP contribution in [0.4, 0.5) is 4.79 Å². The van der Waals surface area contributed by atoms with Crippen molar-refractivity contribution in [1.82, 2.24) is 20.9 Å². The number of carboxylic acids is 2. The van der Waals surface area contributed by atoms with Crippen LogP contribution in [0.15, 0.2) is 73.1 Å². The quantitative estimate of drug-likeness (QED) is 0.179. The molecule has 3 amide bonds. The molecule has 0 radical (unpaired) electrons. The average molecular weight is 621 g/mol. The molecule has 0 unspecified atom stereocenters. The number of benzene rings is 2. The molecule has 0 spiro atoms. The summed E-state index contributed by atoms with van der Waals surface area (Å²) in [6.45, 7) is 4.41. The van der Waals surface area contributed by atoms with Gasteiger partial charge < -0.3 is 35.6 Å². The van der Waals surface area contributed by atoms with Crippen LogP contribution in [0.5, 0.6) is 5.75 Å². The highest BCUT2D eigenvalue weighted by molar-refractivity contribution is 5.93. The monoisotopic (exact) mass is 620 g/mol. The van der Waals surface area contributed by atoms with E-state index in [1.54, 1.807) is 69.6 Å². The molecule has 0 aliphatic rings. The normalized spacial score (nSPS) is 12.2. The summed E-state index contributed by atoms with van der Waals surface area (Å²) in [7, 11) is 0. The third-order valence-corrected chi connectivity index (χ3v) is 6.18. The molecule has 13 nitrogen and oxygen atoms in total. The Morgan fingerprint density at radius 1 is 0.822 bits per heavy atom. The van der Waals surface area contributed by atoms with Gasteiger partial charge in [0.05, 0.1) is 0 Å². The van der Waals surface area contributed by atoms with Crippen molar-refractivity contribution in [2.75, 3.05) is 6.61 Å². The van der Waals surface area contributed by atoms with Gasteiger partial charge in [0, 0.05) is 31.8 Å². The van der Waals surface area contributed by atoms with E-state index < -0.39 is 54.1 Å². The van der Waals surface area contributed by atoms with E-state index in [2.05, 4.69) is 20.9 Å². The highest BCUT2D eigenvalue weighted by Gasteiger charge is 2.29. The largest absolute Gasteiger partial charge is 0.481 e. The van der Waals surface area contributed by atoms with Crippen LogP contribution in [0, 0.1) is 0 Å². The first-order chi connectivity index (χ1) is 21.3. The van der Waals surface area contributed by atoms with Crippen LogP contribution in [0.3, 0.4) is 0 Å². The van der Waals surface area contributed by atoms with Crippen LogP contribution < -0.4 is 20.7 Å². The molecular formula is C32H36N4O9. The third-order valence-electron chi connectivity index (χ3n) is 6.18. The molecule has 0 saturated heterocycles. The zero-order valence-corrected chi connectivity index (χ0v) is 25.1. The first kappa shape index (κ1) is 34.0. The number of carboxylic acid groups (broad SMARTS) is 2. The van der Waals surface area contributed by atoms with Crippen molar-refractivity contribution in [2.45, 2.75) is 57.8 Å². The summed E-state index contributed by atoms with van der Waals surface area (Å²) in [6, 6.07) is 14.1. The molecule has 45 heavy (non-hydrogen) atoms. The number of nitrogens with one attached hydrogen (secondary N) is 3. The molecule has 0 bridgehead atoms. The van der Waals surface area contributed by atoms with Crippen LogP contribution in [0.2, 0.25) is 0 Å². The van der Waals surface area contributed by atoms with Crippen molar-refractivity contribution in [1.29, 1.82) is 0 Å². The number of pyridine rings is 1. The smallest absolute Gasteiger partial charge is 0.408 e. The van der Waals surface area contributed by atoms with Crippen molar-refractivity contribution in [3.05, 3.63) is 95.3 Å². The second-order valence-corrected chi connectivity index (χ2v) is 11.1. The number of hydrogen-bond acceptors (Lipinski definition) is 8. The lowest BCUT2D eigenvalue weighted by atomic mass is 10.0. The number of amides is 3. The Bertz CT molecular complexity index is 1490. The van der Waals surface area contributed by atoms with Gasteiger partial charge in [-0.3, -0.25) is 14.6 Å². The SMILES string of the molecule is CC(C)(C)OC(=O)N[C@@H](Cc1ccccc1)C(=O)N[C@@H](Cc1ccc(OCC(=O)O)c(C(=O)O)c1)C(=O)NCc1cccnc1. The van der Waals surface area contributed by atoms with Crippen molar-refractivity contribution in [3.8, 4) is 5.75 Å². The van der Waals surface area contributed by atoms with Gasteiger partial charge in [-0.25, -0.2) is 14.4 Å². The molecule has 0 fully saturated rings. The summed E-state index contributed by atoms with van der Waals surface area (Å²) >= 11 is 0. The molecule has 3 aromatic rings. The van der Waals surface area contributed by atoms with Crippen LogP contribution in [-0.4, -0.2) is 69.3 Å². The zero-order chi connectivity index (χ0) is 33.0. The Morgan fingerprint density at radius 2 is 1.49 bits per heavy atom. The number of carbonyl (C=O) groups is 5. The molecule has 13 heteroatoms. The van der Waals surface area contributed by atoms with E-state index in [4.69, 9.17) is 14.6 Å². The number of aliphatic carboxylic acids is 1. The third kappa shape index (κ3) is 11.6. The second kappa shape index (κ2) is 15.8. The number of aromatic nitrogens is 1. The number of nitrogens with zero attached hydrogens (tertiary/aromatic N) is 1. The fourth-order valence-electron chi connectivity index (χ4n) is 4.18. The number of hydrogen-bond donors (Lipinski definition) is 5. The fourth-order valence-corrected chi connectivity index (χ4v) is 4.18. The average Bonchev–Trinajstić information content (AvgIpc) is 2.98.